The minimum Gasteiger partial charge on any atom is -0.120 e. The van der Waals surface area contributed by atoms with Crippen LogP contribution in [0.1, 0.15) is 25.7 Å². The van der Waals surface area contributed by atoms with Crippen molar-refractivity contribution in [3.63, 3.8) is 0 Å². The summed E-state index contributed by atoms with van der Waals surface area (Å²) in [6, 6.07) is 0. The largest absolute Gasteiger partial charge is 0.120 e. The summed E-state index contributed by atoms with van der Waals surface area (Å²) < 4.78 is 0. The van der Waals surface area contributed by atoms with Crippen LogP contribution in [0.2, 0.25) is 0 Å². The number of rotatable bonds is 1. The van der Waals surface area contributed by atoms with Gasteiger partial charge in [-0.1, -0.05) is 15.9 Å². The molecule has 0 N–H and O–H groups in total. The maximum absolute atomic E-state index is 5.33. The van der Waals surface area contributed by atoms with Gasteiger partial charge >= 0.3 is 0 Å². The quantitative estimate of drug-likeness (QED) is 0.452. The lowest BCUT2D eigenvalue weighted by molar-refractivity contribution is 0.343. The Morgan fingerprint density at radius 2 is 1.90 bits per heavy atom. The van der Waals surface area contributed by atoms with Gasteiger partial charge in [0.15, 0.2) is 0 Å². The molecule has 1 heteroatoms. The van der Waals surface area contributed by atoms with Crippen LogP contribution in [0.5, 0.6) is 0 Å². The highest BCUT2D eigenvalue weighted by Gasteiger charge is 2.17. The highest BCUT2D eigenvalue weighted by molar-refractivity contribution is 9.09. The number of hydrogen-bond acceptors (Lipinski definition) is 0. The molecule has 0 aliphatic heterocycles. The van der Waals surface area contributed by atoms with Crippen molar-refractivity contribution in [3.05, 3.63) is 0 Å². The van der Waals surface area contributed by atoms with Crippen LogP contribution < -0.4 is 0 Å². The maximum Gasteiger partial charge on any atom is 0.0200 e. The summed E-state index contributed by atoms with van der Waals surface area (Å²) in [6.07, 6.45) is 10.5. The minimum absolute atomic E-state index is 0.579. The third-order valence-electron chi connectivity index (χ3n) is 2.30. The summed E-state index contributed by atoms with van der Waals surface area (Å²) in [5, 5.41) is 1.16. The molecule has 1 rings (SSSR count). The second-order valence-electron chi connectivity index (χ2n) is 3.04. The molecule has 1 aliphatic carbocycles. The van der Waals surface area contributed by atoms with Crippen molar-refractivity contribution in [2.75, 3.05) is 5.33 Å². The van der Waals surface area contributed by atoms with E-state index in [4.69, 9.17) is 6.42 Å². The monoisotopic (exact) mass is 200 g/mol. The lowest BCUT2D eigenvalue weighted by atomic mass is 9.83. The Morgan fingerprint density at radius 3 is 2.30 bits per heavy atom. The SMILES string of the molecule is C#C[C@H]1CC[C@@H](CBr)CC1. The zero-order valence-electron chi connectivity index (χ0n) is 6.15. The Morgan fingerprint density at radius 1 is 1.30 bits per heavy atom. The van der Waals surface area contributed by atoms with Crippen LogP contribution in [0.25, 0.3) is 0 Å². The predicted octanol–water partition coefficient (Wildman–Crippen LogP) is 2.82. The third kappa shape index (κ3) is 2.02. The van der Waals surface area contributed by atoms with Crippen molar-refractivity contribution >= 4 is 15.9 Å². The van der Waals surface area contributed by atoms with Gasteiger partial charge in [0.1, 0.15) is 0 Å². The number of terminal acetylenes is 1. The molecule has 0 nitrogen and oxygen atoms in total. The summed E-state index contributed by atoms with van der Waals surface area (Å²) in [4.78, 5) is 0. The Bertz CT molecular complexity index is 126. The zero-order chi connectivity index (χ0) is 7.40. The summed E-state index contributed by atoms with van der Waals surface area (Å²) in [6.45, 7) is 0. The Hall–Kier alpha value is 0.0400. The summed E-state index contributed by atoms with van der Waals surface area (Å²) >= 11 is 3.50. The summed E-state index contributed by atoms with van der Waals surface area (Å²) in [5.41, 5.74) is 0. The van der Waals surface area contributed by atoms with Gasteiger partial charge in [0.25, 0.3) is 0 Å². The van der Waals surface area contributed by atoms with Crippen LogP contribution in [0, 0.1) is 24.2 Å². The average molecular weight is 201 g/mol. The second kappa shape index (κ2) is 4.03. The van der Waals surface area contributed by atoms with Crippen molar-refractivity contribution in [1.29, 1.82) is 0 Å². The van der Waals surface area contributed by atoms with E-state index >= 15 is 0 Å². The Balaban J connectivity index is 2.25. The highest BCUT2D eigenvalue weighted by atomic mass is 79.9. The van der Waals surface area contributed by atoms with Gasteiger partial charge in [-0.05, 0) is 31.6 Å². The van der Waals surface area contributed by atoms with Crippen LogP contribution in [-0.2, 0) is 0 Å². The molecule has 0 aromatic rings. The van der Waals surface area contributed by atoms with Gasteiger partial charge in [-0.3, -0.25) is 0 Å². The van der Waals surface area contributed by atoms with Crippen molar-refractivity contribution in [3.8, 4) is 12.3 Å². The van der Waals surface area contributed by atoms with Gasteiger partial charge in [0.05, 0.1) is 0 Å². The first-order valence-electron chi connectivity index (χ1n) is 3.89. The van der Waals surface area contributed by atoms with E-state index in [2.05, 4.69) is 21.9 Å². The van der Waals surface area contributed by atoms with E-state index in [9.17, 15) is 0 Å². The molecule has 0 saturated heterocycles. The molecule has 1 aliphatic rings. The van der Waals surface area contributed by atoms with E-state index in [0.717, 1.165) is 11.2 Å². The first-order valence-corrected chi connectivity index (χ1v) is 5.01. The summed E-state index contributed by atoms with van der Waals surface area (Å²) in [5.74, 6) is 4.31. The van der Waals surface area contributed by atoms with Gasteiger partial charge in [-0.2, -0.15) is 0 Å². The molecule has 0 unspecified atom stereocenters. The Kier molecular flexibility index (Phi) is 3.28. The predicted molar refractivity (Wildman–Crippen MR) is 48.1 cm³/mol. The first-order chi connectivity index (χ1) is 4.86. The zero-order valence-corrected chi connectivity index (χ0v) is 7.73. The lowest BCUT2D eigenvalue weighted by Gasteiger charge is -2.23. The van der Waals surface area contributed by atoms with Gasteiger partial charge in [0, 0.05) is 11.2 Å². The highest BCUT2D eigenvalue weighted by Crippen LogP contribution is 2.28. The molecule has 56 valence electrons. The first kappa shape index (κ1) is 8.14. The van der Waals surface area contributed by atoms with E-state index < -0.39 is 0 Å². The van der Waals surface area contributed by atoms with Crippen LogP contribution in [0.3, 0.4) is 0 Å². The van der Waals surface area contributed by atoms with E-state index in [0.29, 0.717) is 5.92 Å². The smallest absolute Gasteiger partial charge is 0.0200 e. The fourth-order valence-corrected chi connectivity index (χ4v) is 2.13. The van der Waals surface area contributed by atoms with E-state index in [-0.39, 0.29) is 0 Å². The molecule has 0 amide bonds. The van der Waals surface area contributed by atoms with Crippen LogP contribution in [0.4, 0.5) is 0 Å². The molecule has 0 atom stereocenters. The van der Waals surface area contributed by atoms with Crippen molar-refractivity contribution < 1.29 is 0 Å². The summed E-state index contributed by atoms with van der Waals surface area (Å²) in [7, 11) is 0. The molecule has 0 radical (unpaired) electrons. The molecule has 0 aromatic heterocycles. The minimum atomic E-state index is 0.579. The van der Waals surface area contributed by atoms with Gasteiger partial charge in [0.2, 0.25) is 0 Å². The van der Waals surface area contributed by atoms with E-state index in [1.165, 1.54) is 25.7 Å². The molecule has 0 bridgehead atoms. The molecule has 0 aromatic carbocycles. The van der Waals surface area contributed by atoms with Crippen LogP contribution in [-0.4, -0.2) is 5.33 Å². The molecular weight excluding hydrogens is 188 g/mol. The van der Waals surface area contributed by atoms with E-state index in [1.807, 2.05) is 0 Å². The molecule has 0 spiro atoms. The van der Waals surface area contributed by atoms with Crippen LogP contribution >= 0.6 is 15.9 Å². The van der Waals surface area contributed by atoms with Crippen LogP contribution in [0.15, 0.2) is 0 Å². The second-order valence-corrected chi connectivity index (χ2v) is 3.69. The Labute approximate surface area is 71.5 Å². The average Bonchev–Trinajstić information content (AvgIpc) is 2.05. The van der Waals surface area contributed by atoms with Crippen molar-refractivity contribution in [2.45, 2.75) is 25.7 Å². The molecule has 1 saturated carbocycles. The van der Waals surface area contributed by atoms with Gasteiger partial charge < -0.3 is 0 Å². The fourth-order valence-electron chi connectivity index (χ4n) is 1.48. The topological polar surface area (TPSA) is 0 Å². The maximum atomic E-state index is 5.33. The molecule has 0 heterocycles. The van der Waals surface area contributed by atoms with Crippen molar-refractivity contribution in [1.82, 2.24) is 0 Å². The number of alkyl halides is 1. The lowest BCUT2D eigenvalue weighted by Crippen LogP contribution is -2.13. The number of halogens is 1. The molecular formula is C9H13Br. The number of hydrogen-bond donors (Lipinski definition) is 0. The van der Waals surface area contributed by atoms with Crippen molar-refractivity contribution in [2.24, 2.45) is 11.8 Å². The van der Waals surface area contributed by atoms with E-state index in [1.54, 1.807) is 0 Å². The normalized spacial score (nSPS) is 33.2. The third-order valence-corrected chi connectivity index (χ3v) is 3.22. The standard InChI is InChI=1S/C9H13Br/c1-2-8-3-5-9(7-10)6-4-8/h1,8-9H,3-7H2/t8-,9+. The van der Waals surface area contributed by atoms with Gasteiger partial charge in [-0.25, -0.2) is 0 Å². The fraction of sp³-hybridized carbons (Fsp3) is 0.778. The van der Waals surface area contributed by atoms with Gasteiger partial charge in [-0.15, -0.1) is 12.3 Å². The molecule has 10 heavy (non-hydrogen) atoms. The molecule has 1 fully saturated rings.